The van der Waals surface area contributed by atoms with Gasteiger partial charge in [-0.15, -0.1) is 0 Å². The first-order chi connectivity index (χ1) is 22.9. The Morgan fingerprint density at radius 1 is 0.766 bits per heavy atom. The highest BCUT2D eigenvalue weighted by atomic mass is 16.5. The van der Waals surface area contributed by atoms with E-state index in [2.05, 4.69) is 48.1 Å². The molecule has 0 aromatic rings. The third kappa shape index (κ3) is 8.60. The highest BCUT2D eigenvalue weighted by Gasteiger charge is 2.51. The monoisotopic (exact) mass is 653 g/mol. The molecule has 266 valence electrons. The molecule has 0 radical (unpaired) electrons. The lowest BCUT2D eigenvalue weighted by Gasteiger charge is -2.47. The Labute approximate surface area is 286 Å². The van der Waals surface area contributed by atoms with E-state index in [1.807, 2.05) is 0 Å². The van der Waals surface area contributed by atoms with Crippen molar-refractivity contribution in [3.05, 3.63) is 0 Å². The van der Waals surface area contributed by atoms with Crippen LogP contribution in [0.2, 0.25) is 0 Å². The summed E-state index contributed by atoms with van der Waals surface area (Å²) in [7, 11) is 0. The zero-order valence-electron chi connectivity index (χ0n) is 30.4. The molecule has 0 spiro atoms. The van der Waals surface area contributed by atoms with Crippen LogP contribution in [0.25, 0.3) is 0 Å². The number of nitrogens with zero attached hydrogens (tertiary/aromatic N) is 4. The summed E-state index contributed by atoms with van der Waals surface area (Å²) < 4.78 is 6.11. The van der Waals surface area contributed by atoms with Crippen molar-refractivity contribution < 1.29 is 9.53 Å². The van der Waals surface area contributed by atoms with E-state index in [0.29, 0.717) is 24.2 Å². The van der Waals surface area contributed by atoms with Gasteiger partial charge in [0.05, 0.1) is 24.1 Å². The largest absolute Gasteiger partial charge is 0.462 e. The van der Waals surface area contributed by atoms with Crippen molar-refractivity contribution in [2.45, 2.75) is 223 Å². The van der Waals surface area contributed by atoms with Gasteiger partial charge in [-0.2, -0.15) is 0 Å². The van der Waals surface area contributed by atoms with Gasteiger partial charge in [0.1, 0.15) is 0 Å². The average molecular weight is 653 g/mol. The van der Waals surface area contributed by atoms with E-state index < -0.39 is 0 Å². The van der Waals surface area contributed by atoms with Crippen LogP contribution in [-0.2, 0) is 9.53 Å². The smallest absolute Gasteiger partial charge is 0.313 e. The highest BCUT2D eigenvalue weighted by Crippen LogP contribution is 2.40. The molecule has 8 heteroatoms. The standard InChI is InChI=1S/C39H68N6O2/c1-5-6-7-8-9-12-15-19-31-26-34-22-23-35-36(29(4)41-39(43-31)45(34)35)37(46)47-28(3)17-14-11-10-13-16-18-30-25-33-21-20-32-24-27(2)40-38(42-30)44(32)33/h27-36H,5-26H2,1-4H3,(H,40,42)(H,41,43)/t27-,28+,29+,30+,31+,32+,33-,34-,35-,36-/m0/s1. The summed E-state index contributed by atoms with van der Waals surface area (Å²) in [6, 6.07) is 3.76. The van der Waals surface area contributed by atoms with E-state index in [1.165, 1.54) is 128 Å². The predicted octanol–water partition coefficient (Wildman–Crippen LogP) is 7.70. The summed E-state index contributed by atoms with van der Waals surface area (Å²) in [5.74, 6) is 2.09. The topological polar surface area (TPSA) is 81.6 Å². The highest BCUT2D eigenvalue weighted by molar-refractivity contribution is 5.86. The Morgan fingerprint density at radius 2 is 1.40 bits per heavy atom. The van der Waals surface area contributed by atoms with Gasteiger partial charge in [0.25, 0.3) is 0 Å². The maximum Gasteiger partial charge on any atom is 0.313 e. The number of ether oxygens (including phenoxy) is 1. The van der Waals surface area contributed by atoms with Crippen molar-refractivity contribution in [3.63, 3.8) is 0 Å². The van der Waals surface area contributed by atoms with Gasteiger partial charge < -0.3 is 25.2 Å². The number of nitrogens with one attached hydrogen (secondary N) is 2. The molecule has 6 heterocycles. The number of guanidine groups is 2. The summed E-state index contributed by atoms with van der Waals surface area (Å²) in [6.07, 6.45) is 27.7. The van der Waals surface area contributed by atoms with Crippen LogP contribution in [0.1, 0.15) is 169 Å². The molecule has 0 aromatic heterocycles. The molecule has 6 rings (SSSR count). The lowest BCUT2D eigenvalue weighted by atomic mass is 9.89. The average Bonchev–Trinajstić information content (AvgIpc) is 3.65. The second kappa shape index (κ2) is 16.6. The number of carbonyl (C=O) groups excluding carboxylic acids is 1. The van der Waals surface area contributed by atoms with Crippen molar-refractivity contribution >= 4 is 17.9 Å². The van der Waals surface area contributed by atoms with E-state index in [0.717, 1.165) is 37.3 Å². The molecule has 2 N–H and O–H groups in total. The van der Waals surface area contributed by atoms with Gasteiger partial charge in [-0.25, -0.2) is 9.98 Å². The lowest BCUT2D eigenvalue weighted by molar-refractivity contribution is -0.156. The van der Waals surface area contributed by atoms with Crippen molar-refractivity contribution in [2.24, 2.45) is 15.9 Å². The van der Waals surface area contributed by atoms with Crippen LogP contribution >= 0.6 is 0 Å². The van der Waals surface area contributed by atoms with Crippen LogP contribution in [0.15, 0.2) is 9.98 Å². The Kier molecular flexibility index (Phi) is 12.3. The minimum Gasteiger partial charge on any atom is -0.462 e. The molecular weight excluding hydrogens is 584 g/mol. The minimum atomic E-state index is -0.148. The van der Waals surface area contributed by atoms with Crippen LogP contribution < -0.4 is 10.6 Å². The fraction of sp³-hybridized carbons (Fsp3) is 0.923. The quantitative estimate of drug-likeness (QED) is 0.117. The van der Waals surface area contributed by atoms with E-state index in [-0.39, 0.29) is 30.1 Å². The predicted molar refractivity (Wildman–Crippen MR) is 193 cm³/mol. The Balaban J connectivity index is 0.861. The molecule has 47 heavy (non-hydrogen) atoms. The van der Waals surface area contributed by atoms with Gasteiger partial charge in [0.15, 0.2) is 11.9 Å². The van der Waals surface area contributed by atoms with Gasteiger partial charge >= 0.3 is 5.97 Å². The van der Waals surface area contributed by atoms with E-state index in [9.17, 15) is 4.79 Å². The van der Waals surface area contributed by atoms with Crippen LogP contribution in [0.4, 0.5) is 0 Å². The molecule has 6 aliphatic rings. The molecule has 0 bridgehead atoms. The molecule has 8 nitrogen and oxygen atoms in total. The van der Waals surface area contributed by atoms with Gasteiger partial charge in [-0.05, 0) is 91.4 Å². The van der Waals surface area contributed by atoms with Crippen molar-refractivity contribution in [1.82, 2.24) is 20.4 Å². The molecule has 0 aromatic carbocycles. The molecule has 6 aliphatic heterocycles. The third-order valence-corrected chi connectivity index (χ3v) is 12.5. The van der Waals surface area contributed by atoms with Crippen LogP contribution in [0.3, 0.4) is 0 Å². The third-order valence-electron chi connectivity index (χ3n) is 12.5. The van der Waals surface area contributed by atoms with Gasteiger partial charge in [0, 0.05) is 36.3 Å². The fourth-order valence-corrected chi connectivity index (χ4v) is 10.1. The van der Waals surface area contributed by atoms with E-state index in [4.69, 9.17) is 14.7 Å². The zero-order chi connectivity index (χ0) is 32.8. The first-order valence-corrected chi connectivity index (χ1v) is 20.4. The minimum absolute atomic E-state index is 0.0215. The first kappa shape index (κ1) is 34.9. The van der Waals surface area contributed by atoms with Crippen LogP contribution in [0, 0.1) is 5.92 Å². The van der Waals surface area contributed by atoms with E-state index in [1.54, 1.807) is 0 Å². The molecule has 4 fully saturated rings. The van der Waals surface area contributed by atoms with Gasteiger partial charge in [-0.3, -0.25) is 4.79 Å². The number of carbonyl (C=O) groups is 1. The fourth-order valence-electron chi connectivity index (χ4n) is 10.1. The summed E-state index contributed by atoms with van der Waals surface area (Å²) in [5, 5.41) is 7.48. The Hall–Kier alpha value is -1.99. The summed E-state index contributed by atoms with van der Waals surface area (Å²) in [5.41, 5.74) is 0. The number of hydrogen-bond donors (Lipinski definition) is 2. The van der Waals surface area contributed by atoms with Crippen LogP contribution in [0.5, 0.6) is 0 Å². The maximum atomic E-state index is 13.5. The number of hydrogen-bond acceptors (Lipinski definition) is 8. The number of rotatable bonds is 18. The second-order valence-corrected chi connectivity index (χ2v) is 16.4. The SMILES string of the molecule is CCCCCCCCC[C@@H]1C[C@@H]2CC[C@H]3[C@@H](C(=O)O[C@H](C)CCCCCCC[C@@H]4C[C@@H]5CC[C@@H]6C[C@H](C)NC(=N4)N65)[C@@H](C)N=C(N1)N23. The maximum absolute atomic E-state index is 13.5. The lowest BCUT2D eigenvalue weighted by Crippen LogP contribution is -2.63. The molecular formula is C39H68N6O2. The molecule has 0 amide bonds. The summed E-state index contributed by atoms with van der Waals surface area (Å²) in [4.78, 5) is 28.9. The molecule has 0 aliphatic carbocycles. The van der Waals surface area contributed by atoms with Gasteiger partial charge in [0.2, 0.25) is 0 Å². The number of aliphatic imine (C=N–C) groups is 2. The summed E-state index contributed by atoms with van der Waals surface area (Å²) >= 11 is 0. The molecule has 0 saturated carbocycles. The molecule has 4 saturated heterocycles. The first-order valence-electron chi connectivity index (χ1n) is 20.4. The molecule has 10 atom stereocenters. The van der Waals surface area contributed by atoms with Crippen molar-refractivity contribution in [3.8, 4) is 0 Å². The second-order valence-electron chi connectivity index (χ2n) is 16.4. The molecule has 0 unspecified atom stereocenters. The number of esters is 1. The number of unbranched alkanes of at least 4 members (excludes halogenated alkanes) is 10. The summed E-state index contributed by atoms with van der Waals surface area (Å²) in [6.45, 7) is 8.81. The van der Waals surface area contributed by atoms with E-state index >= 15 is 0 Å². The zero-order valence-corrected chi connectivity index (χ0v) is 30.4. The normalized spacial score (nSPS) is 34.5. The van der Waals surface area contributed by atoms with Crippen molar-refractivity contribution in [2.75, 3.05) is 0 Å². The van der Waals surface area contributed by atoms with Crippen molar-refractivity contribution in [1.29, 1.82) is 0 Å². The van der Waals surface area contributed by atoms with Gasteiger partial charge in [-0.1, -0.05) is 77.6 Å². The van der Waals surface area contributed by atoms with Crippen LogP contribution in [-0.4, -0.2) is 82.1 Å². The Bertz CT molecular complexity index is 1080. The Morgan fingerprint density at radius 3 is 2.19 bits per heavy atom.